The number of aliphatic hydroxyl groups is 1. The van der Waals surface area contributed by atoms with Crippen molar-refractivity contribution in [3.8, 4) is 11.5 Å². The lowest BCUT2D eigenvalue weighted by atomic mass is 10.3. The van der Waals surface area contributed by atoms with Crippen LogP contribution in [0.15, 0.2) is 24.3 Å². The Hall–Kier alpha value is -1.22. The molecule has 1 rings (SSSR count). The summed E-state index contributed by atoms with van der Waals surface area (Å²) >= 11 is 0. The third kappa shape index (κ3) is 4.11. The zero-order chi connectivity index (χ0) is 11.8. The second-order valence-electron chi connectivity index (χ2n) is 3.67. The summed E-state index contributed by atoms with van der Waals surface area (Å²) in [5, 5.41) is 9.42. The summed E-state index contributed by atoms with van der Waals surface area (Å²) in [7, 11) is 0. The van der Waals surface area contributed by atoms with Crippen LogP contribution in [0.4, 0.5) is 0 Å². The molecule has 0 fully saturated rings. The highest BCUT2D eigenvalue weighted by Crippen LogP contribution is 2.26. The fraction of sp³-hybridized carbons (Fsp3) is 0.538. The van der Waals surface area contributed by atoms with Gasteiger partial charge in [-0.2, -0.15) is 0 Å². The molecule has 0 radical (unpaired) electrons. The van der Waals surface area contributed by atoms with Crippen LogP contribution in [0.1, 0.15) is 26.7 Å². The van der Waals surface area contributed by atoms with Crippen LogP contribution in [-0.2, 0) is 0 Å². The van der Waals surface area contributed by atoms with E-state index in [0.717, 1.165) is 12.2 Å². The number of benzene rings is 1. The van der Waals surface area contributed by atoms with Gasteiger partial charge in [0.15, 0.2) is 11.5 Å². The minimum atomic E-state index is -0.417. The van der Waals surface area contributed by atoms with Gasteiger partial charge in [-0.05, 0) is 25.0 Å². The molecule has 0 aliphatic heterocycles. The highest BCUT2D eigenvalue weighted by Gasteiger charge is 2.06. The van der Waals surface area contributed by atoms with Gasteiger partial charge in [0.25, 0.3) is 0 Å². The van der Waals surface area contributed by atoms with Crippen LogP contribution in [0.2, 0.25) is 0 Å². The van der Waals surface area contributed by atoms with Gasteiger partial charge in [0, 0.05) is 0 Å². The molecule has 0 saturated heterocycles. The summed E-state index contributed by atoms with van der Waals surface area (Å²) in [5.41, 5.74) is 0. The molecule has 16 heavy (non-hydrogen) atoms. The predicted octanol–water partition coefficient (Wildman–Crippen LogP) is 2.63. The predicted molar refractivity (Wildman–Crippen MR) is 64.0 cm³/mol. The van der Waals surface area contributed by atoms with Crippen molar-refractivity contribution in [1.82, 2.24) is 0 Å². The van der Waals surface area contributed by atoms with E-state index in [2.05, 4.69) is 6.92 Å². The third-order valence-electron chi connectivity index (χ3n) is 2.21. The van der Waals surface area contributed by atoms with Crippen molar-refractivity contribution in [3.63, 3.8) is 0 Å². The quantitative estimate of drug-likeness (QED) is 0.773. The Balaban J connectivity index is 2.56. The second kappa shape index (κ2) is 7.12. The van der Waals surface area contributed by atoms with E-state index in [1.165, 1.54) is 0 Å². The Morgan fingerprint density at radius 1 is 1.12 bits per heavy atom. The third-order valence-corrected chi connectivity index (χ3v) is 2.21. The van der Waals surface area contributed by atoms with Crippen molar-refractivity contribution in [3.05, 3.63) is 24.3 Å². The van der Waals surface area contributed by atoms with Gasteiger partial charge < -0.3 is 14.6 Å². The molecule has 1 unspecified atom stereocenters. The molecular formula is C13H20O3. The first-order valence-corrected chi connectivity index (χ1v) is 5.80. The van der Waals surface area contributed by atoms with E-state index in [1.54, 1.807) is 0 Å². The number of aliphatic hydroxyl groups excluding tert-OH is 1. The first-order chi connectivity index (χ1) is 7.77. The average Bonchev–Trinajstić information content (AvgIpc) is 2.34. The van der Waals surface area contributed by atoms with Crippen LogP contribution in [-0.4, -0.2) is 24.4 Å². The Bertz CT molecular complexity index is 299. The Morgan fingerprint density at radius 3 is 2.31 bits per heavy atom. The van der Waals surface area contributed by atoms with Gasteiger partial charge in [-0.15, -0.1) is 0 Å². The number of ether oxygens (including phenoxy) is 2. The highest BCUT2D eigenvalue weighted by atomic mass is 16.5. The van der Waals surface area contributed by atoms with Crippen molar-refractivity contribution in [1.29, 1.82) is 0 Å². The molecule has 0 amide bonds. The molecule has 0 spiro atoms. The van der Waals surface area contributed by atoms with Crippen molar-refractivity contribution >= 4 is 0 Å². The van der Waals surface area contributed by atoms with Crippen molar-refractivity contribution in [2.24, 2.45) is 0 Å². The lowest BCUT2D eigenvalue weighted by Crippen LogP contribution is -2.16. The molecule has 1 atom stereocenters. The van der Waals surface area contributed by atoms with Gasteiger partial charge in [0.2, 0.25) is 0 Å². The van der Waals surface area contributed by atoms with E-state index < -0.39 is 6.10 Å². The molecule has 0 aliphatic rings. The molecular weight excluding hydrogens is 204 g/mol. The van der Waals surface area contributed by atoms with Gasteiger partial charge in [0.1, 0.15) is 6.61 Å². The van der Waals surface area contributed by atoms with Crippen molar-refractivity contribution in [2.75, 3.05) is 13.2 Å². The molecule has 1 N–H and O–H groups in total. The van der Waals surface area contributed by atoms with E-state index in [-0.39, 0.29) is 0 Å². The zero-order valence-electron chi connectivity index (χ0n) is 9.98. The van der Waals surface area contributed by atoms with Crippen LogP contribution < -0.4 is 9.47 Å². The van der Waals surface area contributed by atoms with Crippen LogP contribution in [0.5, 0.6) is 11.5 Å². The minimum Gasteiger partial charge on any atom is -0.490 e. The molecule has 0 heterocycles. The van der Waals surface area contributed by atoms with E-state index in [0.29, 0.717) is 25.4 Å². The molecule has 3 nitrogen and oxygen atoms in total. The van der Waals surface area contributed by atoms with E-state index in [1.807, 2.05) is 31.2 Å². The molecule has 0 aliphatic carbocycles. The molecule has 90 valence electrons. The fourth-order valence-corrected chi connectivity index (χ4v) is 1.20. The van der Waals surface area contributed by atoms with E-state index in [4.69, 9.17) is 9.47 Å². The van der Waals surface area contributed by atoms with E-state index in [9.17, 15) is 5.11 Å². The standard InChI is InChI=1S/C13H20O3/c1-3-9-15-12-7-5-6-8-13(12)16-10-11(14)4-2/h5-8,11,14H,3-4,9-10H2,1-2H3. The minimum absolute atomic E-state index is 0.309. The fourth-order valence-electron chi connectivity index (χ4n) is 1.20. The Labute approximate surface area is 97.0 Å². The average molecular weight is 224 g/mol. The maximum atomic E-state index is 9.42. The maximum absolute atomic E-state index is 9.42. The van der Waals surface area contributed by atoms with E-state index >= 15 is 0 Å². The molecule has 0 aromatic heterocycles. The summed E-state index contributed by atoms with van der Waals surface area (Å²) in [6, 6.07) is 7.54. The summed E-state index contributed by atoms with van der Waals surface area (Å²) in [6.07, 6.45) is 1.24. The number of para-hydroxylation sites is 2. The zero-order valence-corrected chi connectivity index (χ0v) is 9.98. The summed E-state index contributed by atoms with van der Waals surface area (Å²) in [5.74, 6) is 1.44. The smallest absolute Gasteiger partial charge is 0.161 e. The second-order valence-corrected chi connectivity index (χ2v) is 3.67. The van der Waals surface area contributed by atoms with Crippen LogP contribution in [0.25, 0.3) is 0 Å². The molecule has 1 aromatic rings. The van der Waals surface area contributed by atoms with Gasteiger partial charge in [-0.25, -0.2) is 0 Å². The van der Waals surface area contributed by atoms with Gasteiger partial charge >= 0.3 is 0 Å². The first-order valence-electron chi connectivity index (χ1n) is 5.80. The van der Waals surface area contributed by atoms with Gasteiger partial charge in [-0.1, -0.05) is 26.0 Å². The normalized spacial score (nSPS) is 12.2. The molecule has 0 bridgehead atoms. The largest absolute Gasteiger partial charge is 0.490 e. The topological polar surface area (TPSA) is 38.7 Å². The lowest BCUT2D eigenvalue weighted by Gasteiger charge is -2.14. The molecule has 1 aromatic carbocycles. The Morgan fingerprint density at radius 2 is 1.75 bits per heavy atom. The van der Waals surface area contributed by atoms with Gasteiger partial charge in [-0.3, -0.25) is 0 Å². The maximum Gasteiger partial charge on any atom is 0.161 e. The number of rotatable bonds is 7. The monoisotopic (exact) mass is 224 g/mol. The number of hydrogen-bond donors (Lipinski definition) is 1. The van der Waals surface area contributed by atoms with Gasteiger partial charge in [0.05, 0.1) is 12.7 Å². The SMILES string of the molecule is CCCOc1ccccc1OCC(O)CC. The Kier molecular flexibility index (Phi) is 5.72. The summed E-state index contributed by atoms with van der Waals surface area (Å²) < 4.78 is 11.1. The van der Waals surface area contributed by atoms with Crippen molar-refractivity contribution < 1.29 is 14.6 Å². The molecule has 0 saturated carbocycles. The first kappa shape index (κ1) is 12.8. The van der Waals surface area contributed by atoms with Crippen LogP contribution in [0.3, 0.4) is 0 Å². The highest BCUT2D eigenvalue weighted by molar-refractivity contribution is 5.39. The summed E-state index contributed by atoms with van der Waals surface area (Å²) in [4.78, 5) is 0. The summed E-state index contributed by atoms with van der Waals surface area (Å²) in [6.45, 7) is 4.97. The van der Waals surface area contributed by atoms with Crippen LogP contribution in [0, 0.1) is 0 Å². The lowest BCUT2D eigenvalue weighted by molar-refractivity contribution is 0.102. The van der Waals surface area contributed by atoms with Crippen LogP contribution >= 0.6 is 0 Å². The molecule has 3 heteroatoms. The van der Waals surface area contributed by atoms with Crippen molar-refractivity contribution in [2.45, 2.75) is 32.8 Å². The number of hydrogen-bond acceptors (Lipinski definition) is 3.